The van der Waals surface area contributed by atoms with Crippen molar-refractivity contribution in [2.75, 3.05) is 6.54 Å². The third kappa shape index (κ3) is 13.5. The summed E-state index contributed by atoms with van der Waals surface area (Å²) < 4.78 is 36.0. The number of unbranched alkanes of at least 4 members (excludes halogenated alkanes) is 7. The maximum Gasteiger partial charge on any atom is 0.132 e. The van der Waals surface area contributed by atoms with E-state index in [1.807, 2.05) is 36.4 Å². The molecule has 7 heteroatoms. The van der Waals surface area contributed by atoms with Crippen molar-refractivity contribution in [3.63, 3.8) is 0 Å². The summed E-state index contributed by atoms with van der Waals surface area (Å²) in [5, 5.41) is 7.07. The molecule has 324 valence electrons. The van der Waals surface area contributed by atoms with E-state index in [4.69, 9.17) is 0 Å². The number of hydrogen-bond donors (Lipinski definition) is 0. The van der Waals surface area contributed by atoms with Crippen molar-refractivity contribution in [2.24, 2.45) is 0 Å². The van der Waals surface area contributed by atoms with Crippen LogP contribution in [0.15, 0.2) is 97.1 Å². The van der Waals surface area contributed by atoms with E-state index in [2.05, 4.69) is 101 Å². The molecule has 4 rings (SSSR count). The fourth-order valence-electron chi connectivity index (χ4n) is 9.27. The Hall–Kier alpha value is -2.01. The van der Waals surface area contributed by atoms with Gasteiger partial charge >= 0.3 is 0 Å². The van der Waals surface area contributed by atoms with Gasteiger partial charge in [-0.1, -0.05) is 251 Å². The second-order valence-corrected chi connectivity index (χ2v) is 31.1. The zero-order valence-electron chi connectivity index (χ0n) is 38.2. The molecule has 2 atom stereocenters. The van der Waals surface area contributed by atoms with Gasteiger partial charge in [0.25, 0.3) is 0 Å². The largest absolute Gasteiger partial charge is 0.245 e. The van der Waals surface area contributed by atoms with E-state index in [9.17, 15) is 0 Å². The summed E-state index contributed by atoms with van der Waals surface area (Å²) in [5.41, 5.74) is 0. The topological polar surface area (TPSA) is 3.24 Å². The number of rotatable bonds is 29. The fourth-order valence-corrected chi connectivity index (χ4v) is 26.9. The first kappa shape index (κ1) is 49.6. The SMILES string of the molecule is CCCCN(P(c1cccc([Si](CCCC)(CCCC)CCCC)c1)c1ccccc1F)P(c1cccc([Si](CCCC)(CCCC)CCCC)c1)c1ccccc1F. The van der Waals surface area contributed by atoms with Gasteiger partial charge in [0.2, 0.25) is 0 Å². The summed E-state index contributed by atoms with van der Waals surface area (Å²) >= 11 is 0. The van der Waals surface area contributed by atoms with Crippen molar-refractivity contribution in [1.82, 2.24) is 4.44 Å². The van der Waals surface area contributed by atoms with Crippen LogP contribution in [0.4, 0.5) is 8.78 Å². The predicted octanol–water partition coefficient (Wildman–Crippen LogP) is 14.6. The minimum Gasteiger partial charge on any atom is -0.245 e. The summed E-state index contributed by atoms with van der Waals surface area (Å²) in [7, 11) is -6.45. The second-order valence-electron chi connectivity index (χ2n) is 17.3. The fraction of sp³-hybridized carbons (Fsp3) is 0.538. The van der Waals surface area contributed by atoms with E-state index in [0.29, 0.717) is 0 Å². The molecule has 0 saturated heterocycles. The van der Waals surface area contributed by atoms with Crippen LogP contribution in [0.5, 0.6) is 0 Å². The first-order valence-corrected chi connectivity index (χ1v) is 31.7. The normalized spacial score (nSPS) is 13.3. The molecule has 0 N–H and O–H groups in total. The molecule has 0 saturated carbocycles. The van der Waals surface area contributed by atoms with E-state index in [1.165, 1.54) is 124 Å². The first-order chi connectivity index (χ1) is 28.8. The van der Waals surface area contributed by atoms with Gasteiger partial charge in [0.15, 0.2) is 0 Å². The van der Waals surface area contributed by atoms with E-state index in [0.717, 1.165) is 30.0 Å². The average Bonchev–Trinajstić information content (AvgIpc) is 3.26. The Morgan fingerprint density at radius 1 is 0.407 bits per heavy atom. The lowest BCUT2D eigenvalue weighted by Crippen LogP contribution is -2.49. The van der Waals surface area contributed by atoms with Crippen LogP contribution in [0.2, 0.25) is 36.3 Å². The van der Waals surface area contributed by atoms with E-state index >= 15 is 8.78 Å². The van der Waals surface area contributed by atoms with E-state index in [-0.39, 0.29) is 11.6 Å². The van der Waals surface area contributed by atoms with Gasteiger partial charge in [-0.25, -0.2) is 13.2 Å². The molecule has 4 aromatic rings. The first-order valence-electron chi connectivity index (χ1n) is 23.9. The molecule has 0 aromatic heterocycles. The molecule has 1 nitrogen and oxygen atoms in total. The molecular formula is C52H79F2NP2Si2. The molecular weight excluding hydrogens is 795 g/mol. The van der Waals surface area contributed by atoms with Gasteiger partial charge in [0.05, 0.1) is 16.1 Å². The van der Waals surface area contributed by atoms with Crippen LogP contribution in [0.25, 0.3) is 0 Å². The van der Waals surface area contributed by atoms with Gasteiger partial charge in [-0.3, -0.25) is 0 Å². The lowest BCUT2D eigenvalue weighted by atomic mass is 10.3. The van der Waals surface area contributed by atoms with Crippen LogP contribution < -0.4 is 31.6 Å². The summed E-state index contributed by atoms with van der Waals surface area (Å²) in [6, 6.07) is 42.1. The molecule has 0 aliphatic rings. The smallest absolute Gasteiger partial charge is 0.132 e. The molecule has 0 radical (unpaired) electrons. The zero-order chi connectivity index (χ0) is 42.5. The van der Waals surface area contributed by atoms with Crippen molar-refractivity contribution >= 4 is 63.9 Å². The molecule has 0 heterocycles. The highest BCUT2D eigenvalue weighted by molar-refractivity contribution is 7.84. The molecule has 0 aliphatic carbocycles. The Bertz CT molecular complexity index is 1620. The molecule has 4 aromatic carbocycles. The minimum atomic E-state index is -1.86. The van der Waals surface area contributed by atoms with Crippen molar-refractivity contribution in [2.45, 2.75) is 175 Å². The summed E-state index contributed by atoms with van der Waals surface area (Å²) in [4.78, 5) is 0. The number of benzene rings is 4. The molecule has 0 aliphatic heterocycles. The maximum absolute atomic E-state index is 16.7. The van der Waals surface area contributed by atoms with Crippen molar-refractivity contribution < 1.29 is 8.78 Å². The quantitative estimate of drug-likeness (QED) is 0.0388. The molecule has 0 amide bonds. The molecule has 0 fully saturated rings. The highest BCUT2D eigenvalue weighted by atomic mass is 31.2. The number of nitrogens with zero attached hydrogens (tertiary/aromatic N) is 1. The van der Waals surface area contributed by atoms with Crippen LogP contribution in [-0.2, 0) is 0 Å². The number of halogens is 2. The van der Waals surface area contributed by atoms with Gasteiger partial charge in [0, 0.05) is 33.3 Å². The molecule has 2 unspecified atom stereocenters. The van der Waals surface area contributed by atoms with Gasteiger partial charge < -0.3 is 0 Å². The Balaban J connectivity index is 2.07. The summed E-state index contributed by atoms with van der Waals surface area (Å²) in [6.07, 6.45) is 16.9. The van der Waals surface area contributed by atoms with Crippen LogP contribution in [0.1, 0.15) is 138 Å². The lowest BCUT2D eigenvalue weighted by molar-refractivity contribution is 0.624. The Kier molecular flexibility index (Phi) is 22.3. The zero-order valence-corrected chi connectivity index (χ0v) is 42.0. The van der Waals surface area contributed by atoms with Crippen LogP contribution in [0, 0.1) is 11.6 Å². The van der Waals surface area contributed by atoms with Gasteiger partial charge in [-0.2, -0.15) is 0 Å². The average molecular weight is 874 g/mol. The monoisotopic (exact) mass is 874 g/mol. The minimum absolute atomic E-state index is 0.153. The van der Waals surface area contributed by atoms with Crippen LogP contribution in [-0.4, -0.2) is 27.1 Å². The van der Waals surface area contributed by atoms with E-state index < -0.39 is 32.3 Å². The molecule has 0 spiro atoms. The highest BCUT2D eigenvalue weighted by Gasteiger charge is 2.39. The standard InChI is InChI=1S/C52H79F2NP2Si2/c1-8-15-36-55(56(51-34-24-22-32-49(51)53)45-28-26-30-47(43-45)58(37-16-9-2,38-17-10-3)39-18-11-4)57(52-35-25-23-33-50(52)54)46-29-27-31-48(44-46)59(40-19-12-5,41-20-13-6)42-21-14-7/h22-35,43-44H,8-21,36-42H2,1-7H3. The Morgan fingerprint density at radius 2 is 0.729 bits per heavy atom. The third-order valence-corrected chi connectivity index (χ3v) is 29.3. The van der Waals surface area contributed by atoms with Gasteiger partial charge in [0.1, 0.15) is 11.6 Å². The second kappa shape index (κ2) is 26.5. The van der Waals surface area contributed by atoms with Crippen LogP contribution in [0.3, 0.4) is 0 Å². The van der Waals surface area contributed by atoms with E-state index in [1.54, 1.807) is 22.5 Å². The Labute approximate surface area is 365 Å². The third-order valence-electron chi connectivity index (χ3n) is 12.8. The molecule has 0 bridgehead atoms. The van der Waals surface area contributed by atoms with Crippen molar-refractivity contribution in [3.05, 3.63) is 109 Å². The predicted molar refractivity (Wildman–Crippen MR) is 269 cm³/mol. The number of hydrogen-bond acceptors (Lipinski definition) is 1. The van der Waals surface area contributed by atoms with Crippen molar-refractivity contribution in [1.29, 1.82) is 0 Å². The van der Waals surface area contributed by atoms with Crippen LogP contribution >= 0.6 is 16.1 Å². The summed E-state index contributed by atoms with van der Waals surface area (Å²) in [6.45, 7) is 17.0. The van der Waals surface area contributed by atoms with Gasteiger partial charge in [-0.15, -0.1) is 0 Å². The highest BCUT2D eigenvalue weighted by Crippen LogP contribution is 2.55. The Morgan fingerprint density at radius 3 is 1.03 bits per heavy atom. The maximum atomic E-state index is 16.7. The molecule has 59 heavy (non-hydrogen) atoms. The van der Waals surface area contributed by atoms with Gasteiger partial charge in [-0.05, 0) is 41.3 Å². The van der Waals surface area contributed by atoms with Crippen molar-refractivity contribution in [3.8, 4) is 0 Å². The summed E-state index contributed by atoms with van der Waals surface area (Å²) in [5.74, 6) is -0.307. The lowest BCUT2D eigenvalue weighted by Gasteiger charge is -2.41.